The Morgan fingerprint density at radius 3 is 2.62 bits per heavy atom. The Kier molecular flexibility index (Phi) is 5.02. The normalized spacial score (nSPS) is 10.4. The molecule has 0 aliphatic carbocycles. The van der Waals surface area contributed by atoms with Crippen molar-refractivity contribution in [3.8, 4) is 11.5 Å². The highest BCUT2D eigenvalue weighted by Crippen LogP contribution is 2.29. The predicted octanol–water partition coefficient (Wildman–Crippen LogP) is 2.18. The van der Waals surface area contributed by atoms with Crippen molar-refractivity contribution in [1.29, 1.82) is 0 Å². The summed E-state index contributed by atoms with van der Waals surface area (Å²) in [6, 6.07) is 14.7. The van der Waals surface area contributed by atoms with Crippen LogP contribution in [0.3, 0.4) is 0 Å². The van der Waals surface area contributed by atoms with Crippen LogP contribution in [0.1, 0.15) is 16.1 Å². The molecule has 0 fully saturated rings. The standard InChI is InChI=1S/C18H19N5O3/c1-25-13-8-9-15(26-2)14(10-13)20-18(24)16-17(19)23(22-21-16)11-12-6-4-3-5-7-12/h3-10H,11,19H2,1-2H3,(H,20,24). The van der Waals surface area contributed by atoms with Gasteiger partial charge in [0, 0.05) is 6.07 Å². The maximum absolute atomic E-state index is 12.6. The van der Waals surface area contributed by atoms with Crippen molar-refractivity contribution in [2.45, 2.75) is 6.54 Å². The second-order valence-corrected chi connectivity index (χ2v) is 5.49. The van der Waals surface area contributed by atoms with Crippen LogP contribution in [0.2, 0.25) is 0 Å². The molecule has 1 heterocycles. The molecule has 8 heteroatoms. The zero-order valence-corrected chi connectivity index (χ0v) is 14.5. The second kappa shape index (κ2) is 7.56. The monoisotopic (exact) mass is 353 g/mol. The molecule has 8 nitrogen and oxygen atoms in total. The third kappa shape index (κ3) is 3.59. The van der Waals surface area contributed by atoms with Crippen LogP contribution in [0, 0.1) is 0 Å². The van der Waals surface area contributed by atoms with Crippen LogP contribution in [-0.2, 0) is 6.54 Å². The van der Waals surface area contributed by atoms with E-state index in [-0.39, 0.29) is 11.5 Å². The summed E-state index contributed by atoms with van der Waals surface area (Å²) in [5.74, 6) is 0.790. The molecule has 0 atom stereocenters. The summed E-state index contributed by atoms with van der Waals surface area (Å²) >= 11 is 0. The molecule has 3 rings (SSSR count). The van der Waals surface area contributed by atoms with Gasteiger partial charge in [0.05, 0.1) is 26.5 Å². The van der Waals surface area contributed by atoms with E-state index in [9.17, 15) is 4.79 Å². The molecule has 0 bridgehead atoms. The van der Waals surface area contributed by atoms with Gasteiger partial charge in [-0.15, -0.1) is 5.10 Å². The average molecular weight is 353 g/mol. The molecule has 0 radical (unpaired) electrons. The number of hydrogen-bond donors (Lipinski definition) is 2. The van der Waals surface area contributed by atoms with Gasteiger partial charge >= 0.3 is 0 Å². The number of nitrogens with zero attached hydrogens (tertiary/aromatic N) is 3. The van der Waals surface area contributed by atoms with Crippen molar-refractivity contribution in [3.05, 3.63) is 59.8 Å². The number of carbonyl (C=O) groups is 1. The average Bonchev–Trinajstić information content (AvgIpc) is 3.03. The van der Waals surface area contributed by atoms with E-state index in [1.807, 2.05) is 30.3 Å². The van der Waals surface area contributed by atoms with Gasteiger partial charge < -0.3 is 20.5 Å². The van der Waals surface area contributed by atoms with Gasteiger partial charge in [0.15, 0.2) is 11.5 Å². The molecule has 0 aliphatic heterocycles. The number of hydrogen-bond acceptors (Lipinski definition) is 6. The third-order valence-electron chi connectivity index (χ3n) is 3.82. The third-order valence-corrected chi connectivity index (χ3v) is 3.82. The van der Waals surface area contributed by atoms with Gasteiger partial charge in [-0.3, -0.25) is 4.79 Å². The van der Waals surface area contributed by atoms with Crippen molar-refractivity contribution in [1.82, 2.24) is 15.0 Å². The molecular formula is C18H19N5O3. The molecule has 2 aromatic carbocycles. The Morgan fingerprint density at radius 2 is 1.92 bits per heavy atom. The van der Waals surface area contributed by atoms with Gasteiger partial charge in [0.25, 0.3) is 5.91 Å². The van der Waals surface area contributed by atoms with Crippen molar-refractivity contribution in [3.63, 3.8) is 0 Å². The number of nitrogen functional groups attached to an aromatic ring is 1. The lowest BCUT2D eigenvalue weighted by Gasteiger charge is -2.11. The van der Waals surface area contributed by atoms with Crippen LogP contribution >= 0.6 is 0 Å². The fourth-order valence-corrected chi connectivity index (χ4v) is 2.45. The van der Waals surface area contributed by atoms with Gasteiger partial charge in [-0.1, -0.05) is 35.5 Å². The first kappa shape index (κ1) is 17.3. The summed E-state index contributed by atoms with van der Waals surface area (Å²) in [7, 11) is 3.06. The largest absolute Gasteiger partial charge is 0.497 e. The van der Waals surface area contributed by atoms with Crippen LogP contribution in [-0.4, -0.2) is 35.1 Å². The van der Waals surface area contributed by atoms with Crippen molar-refractivity contribution in [2.24, 2.45) is 0 Å². The fraction of sp³-hybridized carbons (Fsp3) is 0.167. The van der Waals surface area contributed by atoms with E-state index in [0.29, 0.717) is 23.7 Å². The minimum Gasteiger partial charge on any atom is -0.497 e. The number of carbonyl (C=O) groups excluding carboxylic acids is 1. The number of nitrogens with one attached hydrogen (secondary N) is 1. The summed E-state index contributed by atoms with van der Waals surface area (Å²) in [6.07, 6.45) is 0. The van der Waals surface area contributed by atoms with E-state index in [4.69, 9.17) is 15.2 Å². The van der Waals surface area contributed by atoms with Crippen LogP contribution in [0.15, 0.2) is 48.5 Å². The Labute approximate surface area is 150 Å². The van der Waals surface area contributed by atoms with Gasteiger partial charge in [0.2, 0.25) is 0 Å². The maximum Gasteiger partial charge on any atom is 0.280 e. The van der Waals surface area contributed by atoms with Crippen LogP contribution < -0.4 is 20.5 Å². The first-order valence-corrected chi connectivity index (χ1v) is 7.88. The van der Waals surface area contributed by atoms with Gasteiger partial charge in [-0.05, 0) is 17.7 Å². The molecule has 3 aromatic rings. The molecule has 0 saturated carbocycles. The fourth-order valence-electron chi connectivity index (χ4n) is 2.45. The summed E-state index contributed by atoms with van der Waals surface area (Å²) in [5.41, 5.74) is 7.56. The zero-order chi connectivity index (χ0) is 18.5. The zero-order valence-electron chi connectivity index (χ0n) is 14.5. The van der Waals surface area contributed by atoms with Gasteiger partial charge in [0.1, 0.15) is 11.5 Å². The van der Waals surface area contributed by atoms with Crippen molar-refractivity contribution >= 4 is 17.4 Å². The SMILES string of the molecule is COc1ccc(OC)c(NC(=O)c2nnn(Cc3ccccc3)c2N)c1. The summed E-state index contributed by atoms with van der Waals surface area (Å²) < 4.78 is 11.9. The van der Waals surface area contributed by atoms with E-state index in [0.717, 1.165) is 5.56 Å². The van der Waals surface area contributed by atoms with Crippen LogP contribution in [0.25, 0.3) is 0 Å². The van der Waals surface area contributed by atoms with Crippen molar-refractivity contribution < 1.29 is 14.3 Å². The predicted molar refractivity (Wildman–Crippen MR) is 97.5 cm³/mol. The molecule has 0 aliphatic rings. The van der Waals surface area contributed by atoms with Gasteiger partial charge in [-0.25, -0.2) is 4.68 Å². The van der Waals surface area contributed by atoms with E-state index in [2.05, 4.69) is 15.6 Å². The van der Waals surface area contributed by atoms with Crippen molar-refractivity contribution in [2.75, 3.05) is 25.3 Å². The minimum atomic E-state index is -0.478. The molecule has 0 saturated heterocycles. The van der Waals surface area contributed by atoms with Crippen LogP contribution in [0.4, 0.5) is 11.5 Å². The van der Waals surface area contributed by atoms with Crippen LogP contribution in [0.5, 0.6) is 11.5 Å². The Balaban J connectivity index is 1.81. The molecule has 1 aromatic heterocycles. The highest BCUT2D eigenvalue weighted by Gasteiger charge is 2.19. The van der Waals surface area contributed by atoms with E-state index < -0.39 is 5.91 Å². The summed E-state index contributed by atoms with van der Waals surface area (Å²) in [4.78, 5) is 12.6. The number of rotatable bonds is 6. The molecule has 134 valence electrons. The number of benzene rings is 2. The maximum atomic E-state index is 12.6. The summed E-state index contributed by atoms with van der Waals surface area (Å²) in [6.45, 7) is 0.426. The minimum absolute atomic E-state index is 0.0470. The molecule has 3 N–H and O–H groups in total. The topological polar surface area (TPSA) is 104 Å². The highest BCUT2D eigenvalue weighted by molar-refractivity contribution is 6.06. The quantitative estimate of drug-likeness (QED) is 0.704. The number of methoxy groups -OCH3 is 2. The van der Waals surface area contributed by atoms with E-state index in [1.165, 1.54) is 11.8 Å². The number of aromatic nitrogens is 3. The number of nitrogens with two attached hydrogens (primary N) is 1. The van der Waals surface area contributed by atoms with E-state index >= 15 is 0 Å². The molecular weight excluding hydrogens is 334 g/mol. The Hall–Kier alpha value is -3.55. The lowest BCUT2D eigenvalue weighted by atomic mass is 10.2. The molecule has 1 amide bonds. The second-order valence-electron chi connectivity index (χ2n) is 5.49. The number of amides is 1. The van der Waals surface area contributed by atoms with Gasteiger partial charge in [-0.2, -0.15) is 0 Å². The Bertz CT molecular complexity index is 908. The molecule has 0 spiro atoms. The smallest absolute Gasteiger partial charge is 0.280 e. The molecule has 0 unspecified atom stereocenters. The van der Waals surface area contributed by atoms with E-state index in [1.54, 1.807) is 25.3 Å². The Morgan fingerprint density at radius 1 is 1.15 bits per heavy atom. The summed E-state index contributed by atoms with van der Waals surface area (Å²) in [5, 5.41) is 10.6. The first-order chi connectivity index (χ1) is 12.6. The lowest BCUT2D eigenvalue weighted by molar-refractivity contribution is 0.102. The first-order valence-electron chi connectivity index (χ1n) is 7.88. The highest BCUT2D eigenvalue weighted by atomic mass is 16.5. The number of anilines is 2. The molecule has 26 heavy (non-hydrogen) atoms. The lowest BCUT2D eigenvalue weighted by Crippen LogP contribution is -2.16. The number of ether oxygens (including phenoxy) is 2.